The van der Waals surface area contributed by atoms with E-state index in [0.717, 1.165) is 0 Å². The van der Waals surface area contributed by atoms with Crippen LogP contribution in [0.4, 0.5) is 0 Å². The summed E-state index contributed by atoms with van der Waals surface area (Å²) >= 11 is 3.15. The zero-order valence-electron chi connectivity index (χ0n) is 9.85. The summed E-state index contributed by atoms with van der Waals surface area (Å²) in [6, 6.07) is 3.07. The molecule has 1 atom stereocenters. The molecule has 0 aliphatic carbocycles. The fraction of sp³-hybridized carbons (Fsp3) is 0.333. The van der Waals surface area contributed by atoms with Gasteiger partial charge in [0.15, 0.2) is 4.67 Å². The number of carbonyl (C=O) groups is 2. The Bertz CT molecular complexity index is 453. The molecule has 0 bridgehead atoms. The van der Waals surface area contributed by atoms with E-state index in [1.54, 1.807) is 12.1 Å². The molecule has 0 aliphatic rings. The molecule has 1 amide bonds. The first-order valence-corrected chi connectivity index (χ1v) is 6.26. The van der Waals surface area contributed by atoms with Gasteiger partial charge in [0.25, 0.3) is 0 Å². The zero-order chi connectivity index (χ0) is 13.5. The summed E-state index contributed by atoms with van der Waals surface area (Å²) in [5.74, 6) is -0.722. The molecule has 1 aromatic rings. The van der Waals surface area contributed by atoms with E-state index < -0.39 is 5.97 Å². The van der Waals surface area contributed by atoms with Crippen molar-refractivity contribution in [1.29, 1.82) is 0 Å². The Hall–Kier alpha value is -1.56. The third-order valence-electron chi connectivity index (χ3n) is 2.25. The Morgan fingerprint density at radius 1 is 1.56 bits per heavy atom. The molecule has 0 radical (unpaired) electrons. The van der Waals surface area contributed by atoms with E-state index in [-0.39, 0.29) is 18.4 Å². The largest absolute Gasteiger partial charge is 0.481 e. The van der Waals surface area contributed by atoms with Gasteiger partial charge in [-0.3, -0.25) is 9.59 Å². The fourth-order valence-electron chi connectivity index (χ4n) is 1.33. The van der Waals surface area contributed by atoms with E-state index in [1.807, 2.05) is 6.92 Å². The topological polar surface area (TPSA) is 79.5 Å². The van der Waals surface area contributed by atoms with E-state index >= 15 is 0 Å². The smallest absolute Gasteiger partial charge is 0.305 e. The number of furan rings is 1. The molecule has 0 saturated heterocycles. The maximum absolute atomic E-state index is 11.5. The highest BCUT2D eigenvalue weighted by Crippen LogP contribution is 2.14. The number of carbonyl (C=O) groups excluding carboxylic acids is 1. The van der Waals surface area contributed by atoms with Crippen LogP contribution in [0.15, 0.2) is 27.3 Å². The van der Waals surface area contributed by atoms with Crippen LogP contribution in [0.5, 0.6) is 0 Å². The Morgan fingerprint density at radius 2 is 2.28 bits per heavy atom. The molecule has 0 aromatic carbocycles. The molecular weight excluding hydrogens is 302 g/mol. The van der Waals surface area contributed by atoms with Crippen LogP contribution >= 0.6 is 15.9 Å². The van der Waals surface area contributed by atoms with E-state index in [1.165, 1.54) is 12.2 Å². The van der Waals surface area contributed by atoms with Gasteiger partial charge in [0.05, 0.1) is 6.42 Å². The van der Waals surface area contributed by atoms with Crippen LogP contribution in [0.3, 0.4) is 0 Å². The van der Waals surface area contributed by atoms with Crippen molar-refractivity contribution in [1.82, 2.24) is 5.32 Å². The van der Waals surface area contributed by atoms with Crippen LogP contribution in [0.2, 0.25) is 0 Å². The van der Waals surface area contributed by atoms with Crippen molar-refractivity contribution in [2.75, 3.05) is 0 Å². The fourth-order valence-corrected chi connectivity index (χ4v) is 1.65. The lowest BCUT2D eigenvalue weighted by Crippen LogP contribution is -2.34. The predicted molar refractivity (Wildman–Crippen MR) is 69.9 cm³/mol. The lowest BCUT2D eigenvalue weighted by atomic mass is 10.1. The third-order valence-corrected chi connectivity index (χ3v) is 2.68. The first kappa shape index (κ1) is 14.5. The highest BCUT2D eigenvalue weighted by molar-refractivity contribution is 9.10. The second-order valence-corrected chi connectivity index (χ2v) is 4.47. The second kappa shape index (κ2) is 7.00. The molecule has 0 saturated carbocycles. The van der Waals surface area contributed by atoms with Crippen molar-refractivity contribution in [3.63, 3.8) is 0 Å². The van der Waals surface area contributed by atoms with Gasteiger partial charge in [0, 0.05) is 12.1 Å². The second-order valence-electron chi connectivity index (χ2n) is 3.69. The van der Waals surface area contributed by atoms with Gasteiger partial charge in [-0.1, -0.05) is 6.92 Å². The van der Waals surface area contributed by atoms with Crippen LogP contribution in [-0.2, 0) is 9.59 Å². The molecule has 1 rings (SSSR count). The van der Waals surface area contributed by atoms with E-state index in [9.17, 15) is 9.59 Å². The monoisotopic (exact) mass is 315 g/mol. The third kappa shape index (κ3) is 5.18. The number of hydrogen-bond acceptors (Lipinski definition) is 3. The van der Waals surface area contributed by atoms with Crippen LogP contribution in [-0.4, -0.2) is 23.0 Å². The van der Waals surface area contributed by atoms with Crippen LogP contribution < -0.4 is 5.32 Å². The van der Waals surface area contributed by atoms with Crippen molar-refractivity contribution in [2.24, 2.45) is 0 Å². The molecule has 0 aliphatic heterocycles. The van der Waals surface area contributed by atoms with Crippen LogP contribution in [0, 0.1) is 0 Å². The van der Waals surface area contributed by atoms with Crippen molar-refractivity contribution >= 4 is 33.9 Å². The number of hydrogen-bond donors (Lipinski definition) is 2. The standard InChI is InChI=1S/C12H14BrNO4/c1-2-8(7-12(16)17)14-11(15)6-4-9-3-5-10(13)18-9/h3-6,8H,2,7H2,1H3,(H,14,15)(H,16,17)/b6-4+. The van der Waals surface area contributed by atoms with Gasteiger partial charge >= 0.3 is 5.97 Å². The lowest BCUT2D eigenvalue weighted by Gasteiger charge is -2.12. The molecule has 2 N–H and O–H groups in total. The molecule has 0 spiro atoms. The Morgan fingerprint density at radius 3 is 2.78 bits per heavy atom. The number of aliphatic carboxylic acids is 1. The van der Waals surface area contributed by atoms with Gasteiger partial charge in [-0.05, 0) is 40.6 Å². The minimum atomic E-state index is -0.930. The first-order valence-electron chi connectivity index (χ1n) is 5.47. The number of halogens is 1. The number of amides is 1. The molecular formula is C12H14BrNO4. The highest BCUT2D eigenvalue weighted by atomic mass is 79.9. The summed E-state index contributed by atoms with van der Waals surface area (Å²) in [6.45, 7) is 1.82. The first-order chi connectivity index (χ1) is 8.51. The van der Waals surface area contributed by atoms with Gasteiger partial charge in [-0.15, -0.1) is 0 Å². The summed E-state index contributed by atoms with van der Waals surface area (Å²) < 4.78 is 5.77. The normalized spacial score (nSPS) is 12.6. The average Bonchev–Trinajstić information content (AvgIpc) is 2.71. The van der Waals surface area contributed by atoms with E-state index in [4.69, 9.17) is 9.52 Å². The molecule has 18 heavy (non-hydrogen) atoms. The maximum Gasteiger partial charge on any atom is 0.305 e. The maximum atomic E-state index is 11.5. The summed E-state index contributed by atoms with van der Waals surface area (Å²) in [4.78, 5) is 22.1. The summed E-state index contributed by atoms with van der Waals surface area (Å²) in [5, 5.41) is 11.3. The lowest BCUT2D eigenvalue weighted by molar-refractivity contribution is -0.137. The van der Waals surface area contributed by atoms with E-state index in [2.05, 4.69) is 21.2 Å². The van der Waals surface area contributed by atoms with Crippen LogP contribution in [0.25, 0.3) is 6.08 Å². The molecule has 98 valence electrons. The van der Waals surface area contributed by atoms with Crippen LogP contribution in [0.1, 0.15) is 25.5 Å². The van der Waals surface area contributed by atoms with Crippen molar-refractivity contribution in [3.8, 4) is 0 Å². The van der Waals surface area contributed by atoms with Crippen molar-refractivity contribution in [3.05, 3.63) is 28.6 Å². The SMILES string of the molecule is CCC(CC(=O)O)NC(=O)/C=C/c1ccc(Br)o1. The average molecular weight is 316 g/mol. The highest BCUT2D eigenvalue weighted by Gasteiger charge is 2.12. The van der Waals surface area contributed by atoms with Gasteiger partial charge in [-0.2, -0.15) is 0 Å². The van der Waals surface area contributed by atoms with Gasteiger partial charge in [0.2, 0.25) is 5.91 Å². The minimum absolute atomic E-state index is 0.0810. The Kier molecular flexibility index (Phi) is 5.64. The summed E-state index contributed by atoms with van der Waals surface area (Å²) in [5.41, 5.74) is 0. The molecule has 1 unspecified atom stereocenters. The molecule has 1 heterocycles. The number of carboxylic acids is 1. The predicted octanol–water partition coefficient (Wildman–Crippen LogP) is 2.42. The molecule has 0 fully saturated rings. The molecule has 5 nitrogen and oxygen atoms in total. The molecule has 6 heteroatoms. The number of rotatable bonds is 6. The number of nitrogens with one attached hydrogen (secondary N) is 1. The minimum Gasteiger partial charge on any atom is -0.481 e. The van der Waals surface area contributed by atoms with E-state index in [0.29, 0.717) is 16.9 Å². The van der Waals surface area contributed by atoms with Gasteiger partial charge in [0.1, 0.15) is 5.76 Å². The quantitative estimate of drug-likeness (QED) is 0.790. The summed E-state index contributed by atoms with van der Waals surface area (Å²) in [6.07, 6.45) is 3.32. The van der Waals surface area contributed by atoms with Gasteiger partial charge in [-0.25, -0.2) is 0 Å². The Labute approximate surface area is 113 Å². The summed E-state index contributed by atoms with van der Waals surface area (Å²) in [7, 11) is 0. The molecule has 1 aromatic heterocycles. The number of carboxylic acid groups (broad SMARTS) is 1. The Balaban J connectivity index is 2.49. The zero-order valence-corrected chi connectivity index (χ0v) is 11.4. The van der Waals surface area contributed by atoms with Crippen molar-refractivity contribution in [2.45, 2.75) is 25.8 Å². The van der Waals surface area contributed by atoms with Gasteiger partial charge < -0.3 is 14.8 Å². The van der Waals surface area contributed by atoms with Crippen molar-refractivity contribution < 1.29 is 19.1 Å².